The highest BCUT2D eigenvalue weighted by atomic mass is 31.2. The molecule has 0 saturated carbocycles. The lowest BCUT2D eigenvalue weighted by molar-refractivity contribution is -0.385. The number of aryl methyl sites for hydroxylation is 1. The van der Waals surface area contributed by atoms with Gasteiger partial charge in [0.15, 0.2) is 0 Å². The van der Waals surface area contributed by atoms with E-state index in [2.05, 4.69) is 0 Å². The fraction of sp³-hybridized carbons (Fsp3) is 0.250. The molecule has 0 aliphatic rings. The van der Waals surface area contributed by atoms with Crippen LogP contribution in [0.4, 0.5) is 5.69 Å². The number of benzene rings is 1. The zero-order chi connectivity index (χ0) is 11.6. The summed E-state index contributed by atoms with van der Waals surface area (Å²) in [7, 11) is -4.12. The first kappa shape index (κ1) is 11.8. The Hall–Kier alpha value is -1.23. The first-order chi connectivity index (χ1) is 6.79. The molecule has 1 rings (SSSR count). The van der Waals surface area contributed by atoms with Crippen molar-refractivity contribution < 1.29 is 19.3 Å². The summed E-state index contributed by atoms with van der Waals surface area (Å²) in [5.74, 6) is 0. The molecule has 1 aromatic rings. The molecule has 15 heavy (non-hydrogen) atoms. The predicted octanol–water partition coefficient (Wildman–Crippen LogP) is 1.58. The van der Waals surface area contributed by atoms with Gasteiger partial charge >= 0.3 is 7.60 Å². The Morgan fingerprint density at radius 1 is 1.47 bits per heavy atom. The molecule has 0 aliphatic carbocycles. The third kappa shape index (κ3) is 3.43. The summed E-state index contributed by atoms with van der Waals surface area (Å²) in [5.41, 5.74) is 0.738. The Morgan fingerprint density at radius 2 is 2.07 bits per heavy atom. The van der Waals surface area contributed by atoms with E-state index >= 15 is 0 Å². The van der Waals surface area contributed by atoms with E-state index in [-0.39, 0.29) is 5.69 Å². The molecule has 0 unspecified atom stereocenters. The standard InChI is InChI=1S/C8H10NO5P/c1-6-4-7(5-15(12,13)14)2-3-8(6)9(10)11/h2-4H,5H2,1H3,(H2,12,13,14). The molecule has 0 amide bonds. The van der Waals surface area contributed by atoms with E-state index in [4.69, 9.17) is 9.79 Å². The highest BCUT2D eigenvalue weighted by Gasteiger charge is 2.16. The van der Waals surface area contributed by atoms with Gasteiger partial charge in [-0.1, -0.05) is 6.07 Å². The summed E-state index contributed by atoms with van der Waals surface area (Å²) in [4.78, 5) is 27.4. The minimum absolute atomic E-state index is 0.0514. The summed E-state index contributed by atoms with van der Waals surface area (Å²) in [5, 5.41) is 10.5. The zero-order valence-corrected chi connectivity index (χ0v) is 8.85. The second-order valence-corrected chi connectivity index (χ2v) is 4.85. The van der Waals surface area contributed by atoms with E-state index in [1.165, 1.54) is 25.1 Å². The van der Waals surface area contributed by atoms with Crippen LogP contribution >= 0.6 is 7.60 Å². The molecule has 0 aliphatic heterocycles. The van der Waals surface area contributed by atoms with Gasteiger partial charge in [-0.25, -0.2) is 0 Å². The van der Waals surface area contributed by atoms with Crippen LogP contribution in [0.1, 0.15) is 11.1 Å². The maximum atomic E-state index is 10.7. The van der Waals surface area contributed by atoms with Gasteiger partial charge in [-0.05, 0) is 18.6 Å². The SMILES string of the molecule is Cc1cc(CP(=O)(O)O)ccc1[N+](=O)[O-]. The summed E-state index contributed by atoms with van der Waals surface area (Å²) < 4.78 is 10.7. The highest BCUT2D eigenvalue weighted by molar-refractivity contribution is 7.50. The van der Waals surface area contributed by atoms with Crippen molar-refractivity contribution in [3.05, 3.63) is 39.4 Å². The summed E-state index contributed by atoms with van der Waals surface area (Å²) in [6.45, 7) is 1.53. The van der Waals surface area contributed by atoms with Crippen molar-refractivity contribution >= 4 is 13.3 Å². The van der Waals surface area contributed by atoms with Crippen LogP contribution in [0.25, 0.3) is 0 Å². The van der Waals surface area contributed by atoms with Crippen LogP contribution in [0.15, 0.2) is 18.2 Å². The van der Waals surface area contributed by atoms with Crippen molar-refractivity contribution in [1.82, 2.24) is 0 Å². The lowest BCUT2D eigenvalue weighted by Crippen LogP contribution is -1.94. The minimum atomic E-state index is -4.12. The fourth-order valence-corrected chi connectivity index (χ4v) is 1.93. The van der Waals surface area contributed by atoms with Crippen molar-refractivity contribution in [3.8, 4) is 0 Å². The fourth-order valence-electron chi connectivity index (χ4n) is 1.26. The Labute approximate surface area is 85.9 Å². The van der Waals surface area contributed by atoms with Crippen molar-refractivity contribution in [2.24, 2.45) is 0 Å². The van der Waals surface area contributed by atoms with Gasteiger partial charge in [-0.2, -0.15) is 0 Å². The average Bonchev–Trinajstić information content (AvgIpc) is 1.99. The quantitative estimate of drug-likeness (QED) is 0.467. The summed E-state index contributed by atoms with van der Waals surface area (Å²) in [6.07, 6.45) is -0.397. The molecular formula is C8H10NO5P. The first-order valence-corrected chi connectivity index (χ1v) is 5.88. The molecule has 2 N–H and O–H groups in total. The number of rotatable bonds is 3. The Balaban J connectivity index is 3.02. The molecule has 6 nitrogen and oxygen atoms in total. The number of nitro groups is 1. The minimum Gasteiger partial charge on any atom is -0.324 e. The Morgan fingerprint density at radius 3 is 2.47 bits per heavy atom. The topological polar surface area (TPSA) is 101 Å². The van der Waals surface area contributed by atoms with Crippen molar-refractivity contribution in [2.45, 2.75) is 13.1 Å². The van der Waals surface area contributed by atoms with Gasteiger partial charge in [-0.3, -0.25) is 14.7 Å². The van der Waals surface area contributed by atoms with E-state index in [1.807, 2.05) is 0 Å². The van der Waals surface area contributed by atoms with Gasteiger partial charge in [0.05, 0.1) is 11.1 Å². The zero-order valence-electron chi connectivity index (χ0n) is 7.95. The molecular weight excluding hydrogens is 221 g/mol. The van der Waals surface area contributed by atoms with Crippen LogP contribution in [0.3, 0.4) is 0 Å². The van der Waals surface area contributed by atoms with Gasteiger partial charge in [0.2, 0.25) is 0 Å². The molecule has 0 fully saturated rings. The van der Waals surface area contributed by atoms with Crippen LogP contribution in [-0.2, 0) is 10.7 Å². The smallest absolute Gasteiger partial charge is 0.324 e. The first-order valence-electron chi connectivity index (χ1n) is 4.08. The van der Waals surface area contributed by atoms with Crippen LogP contribution < -0.4 is 0 Å². The van der Waals surface area contributed by atoms with Crippen LogP contribution in [-0.4, -0.2) is 14.7 Å². The van der Waals surface area contributed by atoms with Gasteiger partial charge in [0.25, 0.3) is 5.69 Å². The van der Waals surface area contributed by atoms with Gasteiger partial charge in [-0.15, -0.1) is 0 Å². The van der Waals surface area contributed by atoms with E-state index in [9.17, 15) is 14.7 Å². The second-order valence-electron chi connectivity index (χ2n) is 3.20. The number of nitro benzene ring substituents is 1. The molecule has 0 heterocycles. The highest BCUT2D eigenvalue weighted by Crippen LogP contribution is 2.39. The van der Waals surface area contributed by atoms with Gasteiger partial charge < -0.3 is 9.79 Å². The molecule has 82 valence electrons. The number of hydrogen-bond donors (Lipinski definition) is 2. The lowest BCUT2D eigenvalue weighted by Gasteiger charge is -2.04. The molecule has 7 heteroatoms. The maximum Gasteiger partial charge on any atom is 0.329 e. The normalized spacial score (nSPS) is 11.4. The second kappa shape index (κ2) is 4.10. The monoisotopic (exact) mass is 231 g/mol. The van der Waals surface area contributed by atoms with Crippen molar-refractivity contribution in [3.63, 3.8) is 0 Å². The molecule has 0 radical (unpaired) electrons. The molecule has 0 bridgehead atoms. The number of nitrogens with zero attached hydrogens (tertiary/aromatic N) is 1. The summed E-state index contributed by atoms with van der Waals surface area (Å²) in [6, 6.07) is 4.02. The number of hydrogen-bond acceptors (Lipinski definition) is 3. The molecule has 0 atom stereocenters. The average molecular weight is 231 g/mol. The van der Waals surface area contributed by atoms with Gasteiger partial charge in [0.1, 0.15) is 0 Å². The van der Waals surface area contributed by atoms with E-state index in [0.717, 1.165) is 0 Å². The Kier molecular flexibility index (Phi) is 3.24. The van der Waals surface area contributed by atoms with E-state index in [0.29, 0.717) is 11.1 Å². The van der Waals surface area contributed by atoms with Gasteiger partial charge in [0, 0.05) is 11.6 Å². The lowest BCUT2D eigenvalue weighted by atomic mass is 10.1. The van der Waals surface area contributed by atoms with Crippen molar-refractivity contribution in [1.29, 1.82) is 0 Å². The molecule has 0 spiro atoms. The molecule has 0 saturated heterocycles. The van der Waals surface area contributed by atoms with Crippen LogP contribution in [0.2, 0.25) is 0 Å². The predicted molar refractivity (Wildman–Crippen MR) is 53.6 cm³/mol. The Bertz CT molecular complexity index is 439. The third-order valence-electron chi connectivity index (χ3n) is 1.85. The summed E-state index contributed by atoms with van der Waals surface area (Å²) >= 11 is 0. The maximum absolute atomic E-state index is 10.7. The van der Waals surface area contributed by atoms with E-state index < -0.39 is 18.7 Å². The van der Waals surface area contributed by atoms with Crippen LogP contribution in [0.5, 0.6) is 0 Å². The molecule has 1 aromatic carbocycles. The largest absolute Gasteiger partial charge is 0.329 e. The van der Waals surface area contributed by atoms with E-state index in [1.54, 1.807) is 0 Å². The molecule has 0 aromatic heterocycles. The van der Waals surface area contributed by atoms with Crippen LogP contribution in [0, 0.1) is 17.0 Å². The van der Waals surface area contributed by atoms with Crippen molar-refractivity contribution in [2.75, 3.05) is 0 Å². The third-order valence-corrected chi connectivity index (χ3v) is 2.62.